The molecular formula is C32H26O11. The number of methoxy groups -OCH3 is 4. The number of ketones is 2. The van der Waals surface area contributed by atoms with E-state index in [9.17, 15) is 19.2 Å². The Labute approximate surface area is 245 Å². The molecule has 1 fully saturated rings. The van der Waals surface area contributed by atoms with E-state index < -0.39 is 41.2 Å². The number of ether oxygens (including phenoxy) is 7. The highest BCUT2D eigenvalue weighted by atomic mass is 16.8. The van der Waals surface area contributed by atoms with Crippen molar-refractivity contribution in [2.75, 3.05) is 28.4 Å². The van der Waals surface area contributed by atoms with Crippen molar-refractivity contribution in [2.45, 2.75) is 36.9 Å². The van der Waals surface area contributed by atoms with Crippen LogP contribution in [-0.2, 0) is 35.3 Å². The highest BCUT2D eigenvalue weighted by molar-refractivity contribution is 6.31. The number of hydrogen-bond acceptors (Lipinski definition) is 11. The van der Waals surface area contributed by atoms with Crippen LogP contribution in [0.4, 0.5) is 0 Å². The molecule has 4 aliphatic rings. The van der Waals surface area contributed by atoms with E-state index in [1.807, 2.05) is 0 Å². The van der Waals surface area contributed by atoms with Gasteiger partial charge in [-0.15, -0.1) is 0 Å². The lowest BCUT2D eigenvalue weighted by Gasteiger charge is -2.32. The molecule has 1 aliphatic carbocycles. The molecular weight excluding hydrogens is 560 g/mol. The van der Waals surface area contributed by atoms with Crippen molar-refractivity contribution in [3.8, 4) is 17.2 Å². The van der Waals surface area contributed by atoms with Gasteiger partial charge in [-0.25, -0.2) is 4.79 Å². The number of rotatable bonds is 5. The Balaban J connectivity index is 1.51. The van der Waals surface area contributed by atoms with E-state index in [2.05, 4.69) is 0 Å². The predicted molar refractivity (Wildman–Crippen MR) is 146 cm³/mol. The zero-order valence-electron chi connectivity index (χ0n) is 23.7. The van der Waals surface area contributed by atoms with Gasteiger partial charge in [0.05, 0.1) is 57.7 Å². The number of carbonyl (C=O) groups is 4. The summed E-state index contributed by atoms with van der Waals surface area (Å²) < 4.78 is 40.9. The van der Waals surface area contributed by atoms with Crippen molar-refractivity contribution in [3.63, 3.8) is 0 Å². The molecule has 3 atom stereocenters. The van der Waals surface area contributed by atoms with Crippen LogP contribution in [-0.4, -0.2) is 58.0 Å². The SMILES string of the molecule is COC(=O)C[C@@H]1CCC2(O1)OC1(OC(=O)c3c(OC)cc4c(c31)C(=O)c1c(OC)cccc1C4=O)c1c(OC)cccc12. The number of hydrogen-bond donors (Lipinski definition) is 0. The number of fused-ring (bicyclic) bond motifs is 8. The van der Waals surface area contributed by atoms with Crippen molar-refractivity contribution in [1.29, 1.82) is 0 Å². The minimum absolute atomic E-state index is 0.0168. The van der Waals surface area contributed by atoms with Gasteiger partial charge >= 0.3 is 11.9 Å². The van der Waals surface area contributed by atoms with Crippen LogP contribution >= 0.6 is 0 Å². The molecule has 2 spiro atoms. The van der Waals surface area contributed by atoms with Gasteiger partial charge in [0.15, 0.2) is 11.6 Å². The van der Waals surface area contributed by atoms with Crippen molar-refractivity contribution >= 4 is 23.5 Å². The third-order valence-corrected chi connectivity index (χ3v) is 8.54. The second kappa shape index (κ2) is 9.38. The molecule has 3 aromatic carbocycles. The second-order valence-corrected chi connectivity index (χ2v) is 10.6. The maximum atomic E-state index is 14.4. The third kappa shape index (κ3) is 3.49. The number of benzene rings is 3. The second-order valence-electron chi connectivity index (χ2n) is 10.6. The van der Waals surface area contributed by atoms with Crippen molar-refractivity contribution < 1.29 is 52.3 Å². The molecule has 7 rings (SSSR count). The first-order valence-corrected chi connectivity index (χ1v) is 13.6. The summed E-state index contributed by atoms with van der Waals surface area (Å²) in [6.45, 7) is 0. The van der Waals surface area contributed by atoms with E-state index >= 15 is 0 Å². The first-order valence-electron chi connectivity index (χ1n) is 13.6. The van der Waals surface area contributed by atoms with E-state index in [-0.39, 0.29) is 51.3 Å². The van der Waals surface area contributed by atoms with Crippen LogP contribution < -0.4 is 14.2 Å². The quantitative estimate of drug-likeness (QED) is 0.316. The standard InChI is InChI=1S/C32H26O11/c1-37-19-9-5-7-16-23(19)29(35)24-17(28(16)34)14-21(39-3)25-27(24)32(42-30(25)36)26-18(8-6-10-20(26)38-2)31(43-32)12-11-15(41-31)13-22(33)40-4/h5-10,14-15H,11-13H2,1-4H3/t15-,31?,32?/m0/s1. The molecule has 0 bridgehead atoms. The van der Waals surface area contributed by atoms with Gasteiger partial charge < -0.3 is 28.4 Å². The van der Waals surface area contributed by atoms with Gasteiger partial charge in [0.2, 0.25) is 5.79 Å². The molecule has 1 saturated heterocycles. The summed E-state index contributed by atoms with van der Waals surface area (Å²) in [5, 5.41) is 0. The Morgan fingerprint density at radius 2 is 1.56 bits per heavy atom. The highest BCUT2D eigenvalue weighted by Crippen LogP contribution is 2.63. The van der Waals surface area contributed by atoms with Crippen LogP contribution in [0.1, 0.15) is 78.2 Å². The highest BCUT2D eigenvalue weighted by Gasteiger charge is 2.67. The average Bonchev–Trinajstić information content (AvgIpc) is 3.65. The molecule has 0 aromatic heterocycles. The molecule has 2 unspecified atom stereocenters. The minimum atomic E-state index is -2.05. The molecule has 11 heteroatoms. The maximum Gasteiger partial charge on any atom is 0.345 e. The van der Waals surface area contributed by atoms with E-state index in [0.29, 0.717) is 29.7 Å². The zero-order valence-corrected chi connectivity index (χ0v) is 23.7. The Morgan fingerprint density at radius 3 is 2.28 bits per heavy atom. The summed E-state index contributed by atoms with van der Waals surface area (Å²) in [5.74, 6) is -5.25. The molecule has 220 valence electrons. The molecule has 0 N–H and O–H groups in total. The van der Waals surface area contributed by atoms with Gasteiger partial charge in [-0.3, -0.25) is 19.1 Å². The zero-order chi connectivity index (χ0) is 30.3. The molecule has 3 heterocycles. The topological polar surface area (TPSA) is 133 Å². The summed E-state index contributed by atoms with van der Waals surface area (Å²) in [4.78, 5) is 54.2. The predicted octanol–water partition coefficient (Wildman–Crippen LogP) is 3.78. The summed E-state index contributed by atoms with van der Waals surface area (Å²) in [5.41, 5.74) is 0.951. The van der Waals surface area contributed by atoms with Crippen LogP contribution in [0.5, 0.6) is 17.2 Å². The molecule has 3 aromatic rings. The normalized spacial score (nSPS) is 24.4. The summed E-state index contributed by atoms with van der Waals surface area (Å²) in [7, 11) is 5.52. The lowest BCUT2D eigenvalue weighted by molar-refractivity contribution is -0.314. The lowest BCUT2D eigenvalue weighted by atomic mass is 9.77. The van der Waals surface area contributed by atoms with Gasteiger partial charge in [-0.05, 0) is 24.6 Å². The van der Waals surface area contributed by atoms with Crippen LogP contribution in [0, 0.1) is 0 Å². The maximum absolute atomic E-state index is 14.4. The fourth-order valence-electron chi connectivity index (χ4n) is 6.76. The minimum Gasteiger partial charge on any atom is -0.496 e. The molecule has 11 nitrogen and oxygen atoms in total. The molecule has 0 amide bonds. The van der Waals surface area contributed by atoms with Gasteiger partial charge in [-0.2, -0.15) is 0 Å². The molecule has 3 aliphatic heterocycles. The summed E-state index contributed by atoms with van der Waals surface area (Å²) in [6.07, 6.45) is 0.147. The largest absolute Gasteiger partial charge is 0.496 e. The van der Waals surface area contributed by atoms with Gasteiger partial charge in [0.1, 0.15) is 22.8 Å². The fourth-order valence-corrected chi connectivity index (χ4v) is 6.76. The fraction of sp³-hybridized carbons (Fsp3) is 0.312. The van der Waals surface area contributed by atoms with Crippen molar-refractivity contribution in [2.24, 2.45) is 0 Å². The van der Waals surface area contributed by atoms with Crippen molar-refractivity contribution in [1.82, 2.24) is 0 Å². The van der Waals surface area contributed by atoms with Gasteiger partial charge in [-0.1, -0.05) is 24.3 Å². The average molecular weight is 587 g/mol. The van der Waals surface area contributed by atoms with E-state index in [1.54, 1.807) is 36.4 Å². The van der Waals surface area contributed by atoms with E-state index in [4.69, 9.17) is 33.2 Å². The van der Waals surface area contributed by atoms with Crippen LogP contribution in [0.15, 0.2) is 42.5 Å². The van der Waals surface area contributed by atoms with Gasteiger partial charge in [0.25, 0.3) is 5.79 Å². The van der Waals surface area contributed by atoms with Gasteiger partial charge in [0, 0.05) is 28.7 Å². The smallest absolute Gasteiger partial charge is 0.345 e. The number of carbonyl (C=O) groups excluding carboxylic acids is 4. The number of esters is 2. The molecule has 43 heavy (non-hydrogen) atoms. The van der Waals surface area contributed by atoms with Crippen LogP contribution in [0.2, 0.25) is 0 Å². The van der Waals surface area contributed by atoms with Crippen molar-refractivity contribution in [3.05, 3.63) is 87.0 Å². The Bertz CT molecular complexity index is 1780. The molecule has 0 saturated carbocycles. The first kappa shape index (κ1) is 27.1. The summed E-state index contributed by atoms with van der Waals surface area (Å²) >= 11 is 0. The summed E-state index contributed by atoms with van der Waals surface area (Å²) in [6, 6.07) is 11.3. The molecule has 0 radical (unpaired) electrons. The first-order chi connectivity index (χ1) is 20.7. The van der Waals surface area contributed by atoms with E-state index in [1.165, 1.54) is 34.5 Å². The van der Waals surface area contributed by atoms with Crippen LogP contribution in [0.25, 0.3) is 0 Å². The van der Waals surface area contributed by atoms with E-state index in [0.717, 1.165) is 0 Å². The Hall–Kier alpha value is -4.74. The lowest BCUT2D eigenvalue weighted by Crippen LogP contribution is -2.36. The third-order valence-electron chi connectivity index (χ3n) is 8.54. The Kier molecular flexibility index (Phi) is 5.92. The Morgan fingerprint density at radius 1 is 0.837 bits per heavy atom. The monoisotopic (exact) mass is 586 g/mol. The van der Waals surface area contributed by atoms with Crippen LogP contribution in [0.3, 0.4) is 0 Å².